The fourth-order valence-corrected chi connectivity index (χ4v) is 2.16. The zero-order valence-corrected chi connectivity index (χ0v) is 10.8. The number of nitrogens with zero attached hydrogens (tertiary/aromatic N) is 4. The van der Waals surface area contributed by atoms with Gasteiger partial charge in [-0.05, 0) is 13.0 Å². The van der Waals surface area contributed by atoms with Gasteiger partial charge in [-0.2, -0.15) is 0 Å². The van der Waals surface area contributed by atoms with E-state index in [4.69, 9.17) is 18.0 Å². The molecule has 0 unspecified atom stereocenters. The Morgan fingerprint density at radius 1 is 1.41 bits per heavy atom. The third kappa shape index (κ3) is 3.34. The van der Waals surface area contributed by atoms with Crippen LogP contribution in [0.5, 0.6) is 0 Å². The third-order valence-electron chi connectivity index (χ3n) is 2.84. The lowest BCUT2D eigenvalue weighted by Crippen LogP contribution is -2.48. The van der Waals surface area contributed by atoms with Crippen LogP contribution in [0.4, 0.5) is 5.82 Å². The molecule has 0 spiro atoms. The summed E-state index contributed by atoms with van der Waals surface area (Å²) >= 11 is 4.92. The number of piperazine rings is 1. The molecule has 0 amide bonds. The molecule has 2 rings (SSSR count). The molecular formula is C11H17N5S. The highest BCUT2D eigenvalue weighted by Crippen LogP contribution is 2.12. The summed E-state index contributed by atoms with van der Waals surface area (Å²) in [6.45, 7) is 6.48. The summed E-state index contributed by atoms with van der Waals surface area (Å²) in [5.41, 5.74) is 5.54. The zero-order valence-electron chi connectivity index (χ0n) is 9.96. The molecule has 5 nitrogen and oxygen atoms in total. The predicted molar refractivity (Wildman–Crippen MR) is 72.2 cm³/mol. The Hall–Kier alpha value is -1.27. The Kier molecular flexibility index (Phi) is 3.86. The van der Waals surface area contributed by atoms with Crippen molar-refractivity contribution < 1.29 is 0 Å². The smallest absolute Gasteiger partial charge is 0.132 e. The van der Waals surface area contributed by atoms with Gasteiger partial charge in [-0.15, -0.1) is 0 Å². The van der Waals surface area contributed by atoms with E-state index in [1.807, 2.05) is 13.0 Å². The normalized spacial score (nSPS) is 17.1. The molecule has 0 aromatic carbocycles. The minimum absolute atomic E-state index is 0.566. The van der Waals surface area contributed by atoms with Gasteiger partial charge in [0.05, 0.1) is 4.99 Å². The van der Waals surface area contributed by atoms with Gasteiger partial charge in [0, 0.05) is 38.9 Å². The van der Waals surface area contributed by atoms with Crippen molar-refractivity contribution in [2.24, 2.45) is 5.73 Å². The van der Waals surface area contributed by atoms with Crippen LogP contribution >= 0.6 is 12.2 Å². The topological polar surface area (TPSA) is 58.3 Å². The number of rotatable bonds is 3. The van der Waals surface area contributed by atoms with Crippen LogP contribution in [0.15, 0.2) is 12.3 Å². The second-order valence-corrected chi connectivity index (χ2v) is 4.72. The van der Waals surface area contributed by atoms with E-state index in [9.17, 15) is 0 Å². The Bertz CT molecular complexity index is 401. The first-order valence-corrected chi connectivity index (χ1v) is 6.11. The monoisotopic (exact) mass is 251 g/mol. The molecule has 1 saturated heterocycles. The minimum atomic E-state index is 0.566. The van der Waals surface area contributed by atoms with Gasteiger partial charge in [-0.25, -0.2) is 9.97 Å². The van der Waals surface area contributed by atoms with Crippen LogP contribution < -0.4 is 10.6 Å². The Morgan fingerprint density at radius 3 is 2.71 bits per heavy atom. The Morgan fingerprint density at radius 2 is 2.12 bits per heavy atom. The molecule has 1 aliphatic heterocycles. The van der Waals surface area contributed by atoms with Gasteiger partial charge >= 0.3 is 0 Å². The fourth-order valence-electron chi connectivity index (χ4n) is 1.98. The maximum absolute atomic E-state index is 5.54. The molecule has 92 valence electrons. The van der Waals surface area contributed by atoms with Gasteiger partial charge in [0.1, 0.15) is 11.6 Å². The lowest BCUT2D eigenvalue weighted by Gasteiger charge is -2.35. The molecule has 6 heteroatoms. The van der Waals surface area contributed by atoms with Crippen molar-refractivity contribution >= 4 is 23.0 Å². The molecule has 1 fully saturated rings. The van der Waals surface area contributed by atoms with Crippen molar-refractivity contribution in [3.63, 3.8) is 0 Å². The lowest BCUT2D eigenvalue weighted by molar-refractivity contribution is 0.291. The second kappa shape index (κ2) is 5.37. The summed E-state index contributed by atoms with van der Waals surface area (Å²) < 4.78 is 0. The van der Waals surface area contributed by atoms with Crippen LogP contribution in [-0.2, 0) is 0 Å². The predicted octanol–water partition coefficient (Wildman–Crippen LogP) is 0.193. The van der Waals surface area contributed by atoms with Gasteiger partial charge in [0.15, 0.2) is 0 Å². The number of thiocarbonyl (C=S) groups is 1. The lowest BCUT2D eigenvalue weighted by atomic mass is 10.3. The molecule has 0 atom stereocenters. The van der Waals surface area contributed by atoms with Crippen LogP contribution in [0, 0.1) is 6.92 Å². The standard InChI is InChI=1S/C11H17N5S/c1-9-13-3-2-11(14-9)16-6-4-15(5-7-16)8-10(12)17/h2-3H,4-8H2,1H3,(H2,12,17). The molecule has 0 bridgehead atoms. The molecule has 0 aliphatic carbocycles. The quantitative estimate of drug-likeness (QED) is 0.774. The largest absolute Gasteiger partial charge is 0.392 e. The van der Waals surface area contributed by atoms with Crippen molar-refractivity contribution in [3.05, 3.63) is 18.1 Å². The highest BCUT2D eigenvalue weighted by Gasteiger charge is 2.18. The van der Waals surface area contributed by atoms with E-state index in [1.165, 1.54) is 0 Å². The number of aromatic nitrogens is 2. The van der Waals surface area contributed by atoms with Gasteiger partial charge < -0.3 is 10.6 Å². The Labute approximate surface area is 107 Å². The van der Waals surface area contributed by atoms with E-state index in [2.05, 4.69) is 19.8 Å². The highest BCUT2D eigenvalue weighted by molar-refractivity contribution is 7.80. The summed E-state index contributed by atoms with van der Waals surface area (Å²) in [7, 11) is 0. The molecule has 1 aromatic heterocycles. The van der Waals surface area contributed by atoms with Crippen molar-refractivity contribution in [1.29, 1.82) is 0 Å². The van der Waals surface area contributed by atoms with E-state index in [0.29, 0.717) is 11.5 Å². The highest BCUT2D eigenvalue weighted by atomic mass is 32.1. The minimum Gasteiger partial charge on any atom is -0.392 e. The summed E-state index contributed by atoms with van der Waals surface area (Å²) in [4.78, 5) is 13.6. The van der Waals surface area contributed by atoms with E-state index in [0.717, 1.165) is 37.8 Å². The molecule has 1 aromatic rings. The van der Waals surface area contributed by atoms with Crippen LogP contribution in [0.1, 0.15) is 5.82 Å². The fraction of sp³-hybridized carbons (Fsp3) is 0.545. The molecule has 17 heavy (non-hydrogen) atoms. The Balaban J connectivity index is 1.93. The summed E-state index contributed by atoms with van der Waals surface area (Å²) in [6, 6.07) is 1.95. The average molecular weight is 251 g/mol. The van der Waals surface area contributed by atoms with Crippen molar-refractivity contribution in [1.82, 2.24) is 14.9 Å². The van der Waals surface area contributed by atoms with Crippen LogP contribution in [0.3, 0.4) is 0 Å². The van der Waals surface area contributed by atoms with Crippen LogP contribution in [0.2, 0.25) is 0 Å². The molecule has 0 radical (unpaired) electrons. The first-order valence-electron chi connectivity index (χ1n) is 5.70. The van der Waals surface area contributed by atoms with E-state index < -0.39 is 0 Å². The van der Waals surface area contributed by atoms with Gasteiger partial charge in [-0.3, -0.25) is 4.90 Å². The number of hydrogen-bond donors (Lipinski definition) is 1. The van der Waals surface area contributed by atoms with Gasteiger partial charge in [-0.1, -0.05) is 12.2 Å². The van der Waals surface area contributed by atoms with E-state index in [1.54, 1.807) is 6.20 Å². The zero-order chi connectivity index (χ0) is 12.3. The summed E-state index contributed by atoms with van der Waals surface area (Å²) in [5, 5.41) is 0. The maximum atomic E-state index is 5.54. The molecule has 2 heterocycles. The molecule has 1 aliphatic rings. The van der Waals surface area contributed by atoms with Crippen molar-refractivity contribution in [2.45, 2.75) is 6.92 Å². The van der Waals surface area contributed by atoms with E-state index >= 15 is 0 Å². The van der Waals surface area contributed by atoms with Crippen molar-refractivity contribution in [2.75, 3.05) is 37.6 Å². The van der Waals surface area contributed by atoms with E-state index in [-0.39, 0.29) is 0 Å². The SMILES string of the molecule is Cc1nccc(N2CCN(CC(N)=S)CC2)n1. The third-order valence-corrected chi connectivity index (χ3v) is 2.97. The van der Waals surface area contributed by atoms with Gasteiger partial charge in [0.2, 0.25) is 0 Å². The molecular weight excluding hydrogens is 234 g/mol. The summed E-state index contributed by atoms with van der Waals surface area (Å²) in [5.74, 6) is 1.82. The second-order valence-electron chi connectivity index (χ2n) is 4.19. The number of anilines is 1. The van der Waals surface area contributed by atoms with Crippen molar-refractivity contribution in [3.8, 4) is 0 Å². The van der Waals surface area contributed by atoms with Gasteiger partial charge in [0.25, 0.3) is 0 Å². The van der Waals surface area contributed by atoms with Crippen LogP contribution in [-0.4, -0.2) is 52.6 Å². The maximum Gasteiger partial charge on any atom is 0.132 e. The molecule has 0 saturated carbocycles. The number of nitrogens with two attached hydrogens (primary N) is 1. The number of aryl methyl sites for hydroxylation is 1. The average Bonchev–Trinajstić information content (AvgIpc) is 2.29. The number of hydrogen-bond acceptors (Lipinski definition) is 5. The molecule has 2 N–H and O–H groups in total. The first kappa shape index (κ1) is 12.2. The van der Waals surface area contributed by atoms with Crippen LogP contribution in [0.25, 0.3) is 0 Å². The first-order chi connectivity index (χ1) is 8.15. The summed E-state index contributed by atoms with van der Waals surface area (Å²) in [6.07, 6.45) is 1.80.